The molecule has 5 rings (SSSR count). The van der Waals surface area contributed by atoms with Crippen molar-refractivity contribution in [3.63, 3.8) is 0 Å². The van der Waals surface area contributed by atoms with Crippen LogP contribution in [-0.4, -0.2) is 25.0 Å². The lowest BCUT2D eigenvalue weighted by molar-refractivity contribution is 0.424. The van der Waals surface area contributed by atoms with Crippen molar-refractivity contribution in [2.45, 2.75) is 38.0 Å². The Kier molecular flexibility index (Phi) is 5.06. The number of hydrogen-bond acceptors (Lipinski definition) is 7. The van der Waals surface area contributed by atoms with Crippen LogP contribution in [-0.2, 0) is 6.42 Å². The van der Waals surface area contributed by atoms with Crippen molar-refractivity contribution in [2.75, 3.05) is 5.73 Å². The minimum absolute atomic E-state index is 0.0854. The van der Waals surface area contributed by atoms with E-state index in [1.807, 2.05) is 0 Å². The summed E-state index contributed by atoms with van der Waals surface area (Å²) in [7, 11) is 0. The Hall–Kier alpha value is -3.11. The molecule has 0 bridgehead atoms. The number of aromatic nitrogens is 5. The second-order valence-corrected chi connectivity index (χ2v) is 8.80. The fraction of sp³-hybridized carbons (Fsp3) is 0.350. The lowest BCUT2D eigenvalue weighted by atomic mass is 9.81. The van der Waals surface area contributed by atoms with Gasteiger partial charge in [-0.1, -0.05) is 23.2 Å². The highest BCUT2D eigenvalue weighted by molar-refractivity contribution is 6.37. The molecule has 0 radical (unpaired) electrons. The summed E-state index contributed by atoms with van der Waals surface area (Å²) in [4.78, 5) is 38.2. The number of H-pyrrole nitrogens is 2. The third-order valence-corrected chi connectivity index (χ3v) is 6.43. The van der Waals surface area contributed by atoms with E-state index in [0.717, 1.165) is 41.5 Å². The predicted molar refractivity (Wildman–Crippen MR) is 118 cm³/mol. The predicted octanol–water partition coefficient (Wildman–Crippen LogP) is 2.52. The number of nitrogens with zero attached hydrogens (tertiary/aromatic N) is 3. The van der Waals surface area contributed by atoms with Gasteiger partial charge < -0.3 is 10.5 Å². The molecule has 12 heteroatoms. The molecule has 2 aromatic heterocycles. The summed E-state index contributed by atoms with van der Waals surface area (Å²) in [5.41, 5.74) is 5.44. The van der Waals surface area contributed by atoms with Gasteiger partial charge in [0.15, 0.2) is 5.75 Å². The van der Waals surface area contributed by atoms with Crippen LogP contribution in [0.15, 0.2) is 26.5 Å². The van der Waals surface area contributed by atoms with Gasteiger partial charge in [-0.05, 0) is 56.1 Å². The maximum atomic E-state index is 12.5. The normalized spacial score (nSPS) is 17.8. The molecule has 0 spiro atoms. The van der Waals surface area contributed by atoms with Gasteiger partial charge in [0.05, 0.1) is 15.7 Å². The van der Waals surface area contributed by atoms with Crippen LogP contribution < -0.4 is 27.3 Å². The molecular weight excluding hydrogens is 459 g/mol. The van der Waals surface area contributed by atoms with E-state index in [2.05, 4.69) is 20.3 Å². The number of nitrogens with one attached hydrogen (secondary N) is 2. The van der Waals surface area contributed by atoms with Crippen molar-refractivity contribution >= 4 is 29.0 Å². The lowest BCUT2D eigenvalue weighted by Crippen LogP contribution is -2.33. The van der Waals surface area contributed by atoms with Gasteiger partial charge in [0.2, 0.25) is 11.7 Å². The van der Waals surface area contributed by atoms with E-state index in [1.54, 1.807) is 0 Å². The molecule has 1 fully saturated rings. The van der Waals surface area contributed by atoms with Crippen LogP contribution >= 0.6 is 23.2 Å². The first-order chi connectivity index (χ1) is 15.3. The molecule has 0 aliphatic heterocycles. The second kappa shape index (κ2) is 7.79. The number of hydrogen-bond donors (Lipinski definition) is 3. The highest BCUT2D eigenvalue weighted by atomic mass is 35.5. The summed E-state index contributed by atoms with van der Waals surface area (Å²) < 4.78 is 6.84. The van der Waals surface area contributed by atoms with E-state index in [9.17, 15) is 14.4 Å². The Morgan fingerprint density at radius 3 is 2.50 bits per heavy atom. The van der Waals surface area contributed by atoms with Crippen LogP contribution in [0.5, 0.6) is 11.6 Å². The molecule has 4 N–H and O–H groups in total. The van der Waals surface area contributed by atoms with Crippen LogP contribution in [0, 0.1) is 5.92 Å². The third-order valence-electron chi connectivity index (χ3n) is 5.87. The first-order valence-electron chi connectivity index (χ1n) is 10.1. The number of anilines is 1. The van der Waals surface area contributed by atoms with Gasteiger partial charge in [-0.25, -0.2) is 9.89 Å². The van der Waals surface area contributed by atoms with Gasteiger partial charge in [-0.3, -0.25) is 14.6 Å². The molecule has 1 aromatic carbocycles. The summed E-state index contributed by atoms with van der Waals surface area (Å²) in [6.07, 6.45) is 4.85. The quantitative estimate of drug-likeness (QED) is 0.523. The van der Waals surface area contributed by atoms with Gasteiger partial charge in [-0.15, -0.1) is 10.2 Å². The summed E-state index contributed by atoms with van der Waals surface area (Å²) in [5, 5.41) is 10.6. The summed E-state index contributed by atoms with van der Waals surface area (Å²) in [5.74, 6) is 0.742. The third kappa shape index (κ3) is 3.59. The molecule has 3 aromatic rings. The van der Waals surface area contributed by atoms with Crippen molar-refractivity contribution in [1.82, 2.24) is 25.0 Å². The molecule has 32 heavy (non-hydrogen) atoms. The van der Waals surface area contributed by atoms with Crippen LogP contribution in [0.1, 0.15) is 42.7 Å². The van der Waals surface area contributed by atoms with Crippen LogP contribution in [0.2, 0.25) is 10.0 Å². The van der Waals surface area contributed by atoms with E-state index in [1.165, 1.54) is 12.1 Å². The average Bonchev–Trinajstić information content (AvgIpc) is 3.59. The molecule has 0 amide bonds. The highest BCUT2D eigenvalue weighted by Crippen LogP contribution is 2.48. The number of nitrogens with two attached hydrogens (primary N) is 1. The van der Waals surface area contributed by atoms with Crippen molar-refractivity contribution in [2.24, 2.45) is 5.92 Å². The number of rotatable bonds is 4. The largest absolute Gasteiger partial charge is 0.434 e. The van der Waals surface area contributed by atoms with Gasteiger partial charge in [0, 0.05) is 11.1 Å². The molecule has 10 nitrogen and oxygen atoms in total. The van der Waals surface area contributed by atoms with Crippen molar-refractivity contribution < 1.29 is 4.74 Å². The number of ether oxygens (including phenoxy) is 1. The number of nitrogen functional groups attached to an aromatic ring is 1. The molecular formula is C20H18Cl2N6O4. The minimum atomic E-state index is -0.799. The Balaban J connectivity index is 1.55. The number of benzene rings is 1. The zero-order valence-electron chi connectivity index (χ0n) is 16.7. The summed E-state index contributed by atoms with van der Waals surface area (Å²) in [6.45, 7) is 0. The molecule has 0 saturated heterocycles. The fourth-order valence-electron chi connectivity index (χ4n) is 4.26. The molecule has 2 aliphatic carbocycles. The topological polar surface area (TPSA) is 149 Å². The highest BCUT2D eigenvalue weighted by Gasteiger charge is 2.38. The van der Waals surface area contributed by atoms with Crippen molar-refractivity contribution in [3.8, 4) is 17.3 Å². The number of aromatic amines is 2. The van der Waals surface area contributed by atoms with Crippen molar-refractivity contribution in [1.29, 1.82) is 0 Å². The fourth-order valence-corrected chi connectivity index (χ4v) is 4.82. The average molecular weight is 477 g/mol. The standard InChI is InChI=1S/C20H18Cl2N6O4/c21-12-6-9(28-20(31)24-18(30)16(23)27-28)7-13(22)15(12)32-19-11-3-1-2-10(8-4-5-8)14(11)17(29)25-26-19/h6-8,10H,1-5H2,(H2,23,27)(H,25,29)(H,24,30,31). The van der Waals surface area contributed by atoms with Gasteiger partial charge in [0.1, 0.15) is 0 Å². The molecule has 1 atom stereocenters. The molecule has 2 aliphatic rings. The zero-order chi connectivity index (χ0) is 22.6. The van der Waals surface area contributed by atoms with E-state index < -0.39 is 11.2 Å². The second-order valence-electron chi connectivity index (χ2n) is 7.98. The Morgan fingerprint density at radius 2 is 1.81 bits per heavy atom. The molecule has 2 heterocycles. The number of halogens is 2. The van der Waals surface area contributed by atoms with Gasteiger partial charge in [-0.2, -0.15) is 4.68 Å². The molecule has 1 saturated carbocycles. The Labute approximate surface area is 190 Å². The smallest absolute Gasteiger partial charge is 0.349 e. The van der Waals surface area contributed by atoms with E-state index in [0.29, 0.717) is 12.3 Å². The molecule has 166 valence electrons. The Morgan fingerprint density at radius 1 is 1.09 bits per heavy atom. The minimum Gasteiger partial charge on any atom is -0.434 e. The van der Waals surface area contributed by atoms with Crippen LogP contribution in [0.25, 0.3) is 5.69 Å². The monoisotopic (exact) mass is 476 g/mol. The SMILES string of the molecule is Nc1nn(-c2cc(Cl)c(Oc3n[nH]c(=O)c4c3CCCC4C3CC3)c(Cl)c2)c(=O)[nH]c1=O. The van der Waals surface area contributed by atoms with Gasteiger partial charge in [0.25, 0.3) is 11.1 Å². The van der Waals surface area contributed by atoms with E-state index >= 15 is 0 Å². The van der Waals surface area contributed by atoms with Crippen LogP contribution in [0.4, 0.5) is 5.82 Å². The number of fused-ring (bicyclic) bond motifs is 1. The van der Waals surface area contributed by atoms with E-state index in [-0.39, 0.29) is 44.7 Å². The summed E-state index contributed by atoms with van der Waals surface area (Å²) in [6, 6.07) is 2.81. The zero-order valence-corrected chi connectivity index (χ0v) is 18.2. The summed E-state index contributed by atoms with van der Waals surface area (Å²) >= 11 is 12.8. The Bertz CT molecular complexity index is 1390. The van der Waals surface area contributed by atoms with Gasteiger partial charge >= 0.3 is 5.69 Å². The maximum absolute atomic E-state index is 12.5. The van der Waals surface area contributed by atoms with Crippen LogP contribution in [0.3, 0.4) is 0 Å². The van der Waals surface area contributed by atoms with Crippen molar-refractivity contribution in [3.05, 3.63) is 64.5 Å². The first-order valence-corrected chi connectivity index (χ1v) is 10.9. The van der Waals surface area contributed by atoms with E-state index in [4.69, 9.17) is 33.7 Å². The molecule has 1 unspecified atom stereocenters. The first kappa shape index (κ1) is 20.8. The lowest BCUT2D eigenvalue weighted by Gasteiger charge is -2.25. The maximum Gasteiger partial charge on any atom is 0.349 e.